The van der Waals surface area contributed by atoms with Crippen LogP contribution >= 0.6 is 0 Å². The van der Waals surface area contributed by atoms with Gasteiger partial charge in [0, 0.05) is 13.1 Å². The van der Waals surface area contributed by atoms with Gasteiger partial charge in [-0.3, -0.25) is 4.90 Å². The second kappa shape index (κ2) is 4.79. The monoisotopic (exact) mass is 263 g/mol. The van der Waals surface area contributed by atoms with Crippen LogP contribution in [0.4, 0.5) is 0 Å². The van der Waals surface area contributed by atoms with E-state index in [1.165, 1.54) is 0 Å². The molecule has 6 nitrogen and oxygen atoms in total. The molecule has 1 saturated heterocycles. The van der Waals surface area contributed by atoms with Crippen LogP contribution in [0.25, 0.3) is 11.7 Å². The van der Waals surface area contributed by atoms with Crippen molar-refractivity contribution in [1.82, 2.24) is 15.1 Å². The summed E-state index contributed by atoms with van der Waals surface area (Å²) in [7, 11) is 0. The van der Waals surface area contributed by atoms with E-state index >= 15 is 0 Å². The van der Waals surface area contributed by atoms with Crippen LogP contribution in [0.2, 0.25) is 0 Å². The molecule has 0 unspecified atom stereocenters. The average Bonchev–Trinajstić information content (AvgIpc) is 2.96. The van der Waals surface area contributed by atoms with Gasteiger partial charge in [-0.2, -0.15) is 0 Å². The summed E-state index contributed by atoms with van der Waals surface area (Å²) < 4.78 is 10.7. The van der Waals surface area contributed by atoms with Crippen molar-refractivity contribution in [2.45, 2.75) is 31.9 Å². The van der Waals surface area contributed by atoms with Crippen LogP contribution in [0.1, 0.15) is 25.7 Å². The first kappa shape index (κ1) is 12.4. The number of aliphatic hydroxyl groups is 1. The molecule has 0 spiro atoms. The predicted octanol–water partition coefficient (Wildman–Crippen LogP) is 1.68. The molecule has 3 rings (SSSR count). The molecule has 0 aliphatic carbocycles. The van der Waals surface area contributed by atoms with Crippen molar-refractivity contribution in [1.29, 1.82) is 0 Å². The number of rotatable bonds is 5. The van der Waals surface area contributed by atoms with Crippen LogP contribution in [0.3, 0.4) is 0 Å². The van der Waals surface area contributed by atoms with Crippen LogP contribution in [0.15, 0.2) is 27.2 Å². The Morgan fingerprint density at radius 3 is 2.95 bits per heavy atom. The lowest BCUT2D eigenvalue weighted by molar-refractivity contribution is -0.109. The first-order valence-electron chi connectivity index (χ1n) is 6.49. The normalized spacial score (nSPS) is 18.4. The topological polar surface area (TPSA) is 75.5 Å². The van der Waals surface area contributed by atoms with Gasteiger partial charge in [-0.05, 0) is 18.6 Å². The molecule has 1 aliphatic heterocycles. The summed E-state index contributed by atoms with van der Waals surface area (Å²) in [5, 5.41) is 18.0. The highest BCUT2D eigenvalue weighted by Gasteiger charge is 2.40. The fourth-order valence-corrected chi connectivity index (χ4v) is 2.53. The molecule has 0 saturated carbocycles. The Morgan fingerprint density at radius 1 is 1.42 bits per heavy atom. The molecule has 0 aromatic carbocycles. The molecule has 6 heteroatoms. The van der Waals surface area contributed by atoms with Gasteiger partial charge in [0.25, 0.3) is 5.89 Å². The van der Waals surface area contributed by atoms with Crippen molar-refractivity contribution in [3.05, 3.63) is 24.3 Å². The zero-order chi connectivity index (χ0) is 13.3. The Hall–Kier alpha value is -1.66. The fraction of sp³-hybridized carbons (Fsp3) is 0.538. The molecule has 0 bridgehead atoms. The molecule has 1 fully saturated rings. The van der Waals surface area contributed by atoms with E-state index in [4.69, 9.17) is 8.83 Å². The van der Waals surface area contributed by atoms with Crippen molar-refractivity contribution in [2.75, 3.05) is 13.1 Å². The quantitative estimate of drug-likeness (QED) is 0.884. The highest BCUT2D eigenvalue weighted by molar-refractivity contribution is 5.42. The van der Waals surface area contributed by atoms with Crippen LogP contribution in [-0.2, 0) is 6.54 Å². The third-order valence-electron chi connectivity index (χ3n) is 3.31. The van der Waals surface area contributed by atoms with Gasteiger partial charge in [-0.25, -0.2) is 0 Å². The maximum atomic E-state index is 10.1. The maximum absolute atomic E-state index is 10.1. The Balaban J connectivity index is 1.58. The molecule has 3 heterocycles. The molecule has 1 N–H and O–H groups in total. The minimum atomic E-state index is -0.529. The van der Waals surface area contributed by atoms with E-state index in [0.29, 0.717) is 37.2 Å². The lowest BCUT2D eigenvalue weighted by Crippen LogP contribution is -2.60. The molecule has 19 heavy (non-hydrogen) atoms. The van der Waals surface area contributed by atoms with E-state index in [9.17, 15) is 5.11 Å². The van der Waals surface area contributed by atoms with E-state index in [2.05, 4.69) is 22.0 Å². The van der Waals surface area contributed by atoms with Gasteiger partial charge in [0.15, 0.2) is 5.76 Å². The zero-order valence-electron chi connectivity index (χ0n) is 10.9. The average molecular weight is 263 g/mol. The third kappa shape index (κ3) is 2.54. The van der Waals surface area contributed by atoms with Crippen molar-refractivity contribution in [3.8, 4) is 11.7 Å². The maximum Gasteiger partial charge on any atom is 0.283 e. The minimum absolute atomic E-state index is 0.393. The van der Waals surface area contributed by atoms with Gasteiger partial charge in [-0.1, -0.05) is 13.3 Å². The number of furan rings is 1. The van der Waals surface area contributed by atoms with Gasteiger partial charge in [0.1, 0.15) is 0 Å². The summed E-state index contributed by atoms with van der Waals surface area (Å²) in [6.45, 7) is 3.98. The predicted molar refractivity (Wildman–Crippen MR) is 67.1 cm³/mol. The summed E-state index contributed by atoms with van der Waals surface area (Å²) in [4.78, 5) is 2.09. The summed E-state index contributed by atoms with van der Waals surface area (Å²) in [6.07, 6.45) is 3.40. The van der Waals surface area contributed by atoms with Crippen LogP contribution in [0.5, 0.6) is 0 Å². The fourth-order valence-electron chi connectivity index (χ4n) is 2.53. The summed E-state index contributed by atoms with van der Waals surface area (Å²) in [6, 6.07) is 3.56. The van der Waals surface area contributed by atoms with Crippen molar-refractivity contribution in [2.24, 2.45) is 0 Å². The van der Waals surface area contributed by atoms with Gasteiger partial charge >= 0.3 is 0 Å². The molecular formula is C13H17N3O3. The molecule has 2 aromatic rings. The van der Waals surface area contributed by atoms with Crippen molar-refractivity contribution >= 4 is 0 Å². The first-order valence-corrected chi connectivity index (χ1v) is 6.49. The Morgan fingerprint density at radius 2 is 2.26 bits per heavy atom. The molecular weight excluding hydrogens is 246 g/mol. The Labute approximate surface area is 111 Å². The molecule has 0 amide bonds. The van der Waals surface area contributed by atoms with Gasteiger partial charge in [-0.15, -0.1) is 10.2 Å². The third-order valence-corrected chi connectivity index (χ3v) is 3.31. The molecule has 0 atom stereocenters. The SMILES string of the molecule is CCCC1(O)CN(Cc2nnc(-c3ccco3)o2)C1. The van der Waals surface area contributed by atoms with E-state index < -0.39 is 5.60 Å². The number of aromatic nitrogens is 2. The highest BCUT2D eigenvalue weighted by atomic mass is 16.4. The van der Waals surface area contributed by atoms with E-state index in [0.717, 1.165) is 12.8 Å². The summed E-state index contributed by atoms with van der Waals surface area (Å²) >= 11 is 0. The number of likely N-dealkylation sites (tertiary alicyclic amines) is 1. The zero-order valence-corrected chi connectivity index (χ0v) is 10.9. The van der Waals surface area contributed by atoms with Crippen LogP contribution < -0.4 is 0 Å². The largest absolute Gasteiger partial charge is 0.459 e. The van der Waals surface area contributed by atoms with Crippen molar-refractivity contribution < 1.29 is 13.9 Å². The van der Waals surface area contributed by atoms with Crippen molar-refractivity contribution in [3.63, 3.8) is 0 Å². The second-order valence-corrected chi connectivity index (χ2v) is 5.10. The lowest BCUT2D eigenvalue weighted by atomic mass is 9.89. The summed E-state index contributed by atoms with van der Waals surface area (Å²) in [5.74, 6) is 1.51. The van der Waals surface area contributed by atoms with E-state index in [1.807, 2.05) is 0 Å². The summed E-state index contributed by atoms with van der Waals surface area (Å²) in [5.41, 5.74) is -0.529. The second-order valence-electron chi connectivity index (χ2n) is 5.10. The van der Waals surface area contributed by atoms with Crippen LogP contribution in [-0.4, -0.2) is 38.9 Å². The number of hydrogen-bond acceptors (Lipinski definition) is 6. The lowest BCUT2D eigenvalue weighted by Gasteiger charge is -2.46. The molecule has 1 aliphatic rings. The molecule has 0 radical (unpaired) electrons. The van der Waals surface area contributed by atoms with E-state index in [-0.39, 0.29) is 0 Å². The number of nitrogens with zero attached hydrogens (tertiary/aromatic N) is 3. The van der Waals surface area contributed by atoms with Gasteiger partial charge in [0.2, 0.25) is 5.89 Å². The number of hydrogen-bond donors (Lipinski definition) is 1. The first-order chi connectivity index (χ1) is 9.18. The smallest absolute Gasteiger partial charge is 0.283 e. The molecule has 102 valence electrons. The van der Waals surface area contributed by atoms with E-state index in [1.54, 1.807) is 18.4 Å². The number of β-amino-alcohol motifs (C(OH)–C–C–N with tert-alkyl or cyclic N) is 1. The van der Waals surface area contributed by atoms with Gasteiger partial charge < -0.3 is 13.9 Å². The van der Waals surface area contributed by atoms with Gasteiger partial charge in [0.05, 0.1) is 18.4 Å². The highest BCUT2D eigenvalue weighted by Crippen LogP contribution is 2.27. The Bertz CT molecular complexity index is 529. The van der Waals surface area contributed by atoms with Crippen LogP contribution in [0, 0.1) is 0 Å². The standard InChI is InChI=1S/C13H17N3O3/c1-2-5-13(17)8-16(9-13)7-11-14-15-12(19-11)10-4-3-6-18-10/h3-4,6,17H,2,5,7-9H2,1H3. The Kier molecular flexibility index (Phi) is 3.12. The molecule has 2 aromatic heterocycles. The minimum Gasteiger partial charge on any atom is -0.459 e.